The summed E-state index contributed by atoms with van der Waals surface area (Å²) in [6.07, 6.45) is 3.36. The van der Waals surface area contributed by atoms with Crippen molar-refractivity contribution in [3.8, 4) is 0 Å². The number of hydrogen-bond donors (Lipinski definition) is 1. The highest BCUT2D eigenvalue weighted by molar-refractivity contribution is 6.31. The molecular weight excluding hydrogens is 272 g/mol. The Balaban J connectivity index is 2.09. The first-order valence-corrected chi connectivity index (χ1v) is 8.12. The lowest BCUT2D eigenvalue weighted by atomic mass is 10.1. The van der Waals surface area contributed by atoms with Crippen molar-refractivity contribution in [1.29, 1.82) is 0 Å². The monoisotopic (exact) mass is 298 g/mol. The van der Waals surface area contributed by atoms with Gasteiger partial charge in [0.25, 0.3) is 0 Å². The number of aromatic nitrogens is 2. The lowest BCUT2D eigenvalue weighted by Crippen LogP contribution is -2.54. The van der Waals surface area contributed by atoms with Gasteiger partial charge < -0.3 is 5.32 Å². The van der Waals surface area contributed by atoms with Gasteiger partial charge in [-0.25, -0.2) is 0 Å². The zero-order valence-corrected chi connectivity index (χ0v) is 13.9. The van der Waals surface area contributed by atoms with Crippen LogP contribution in [0.1, 0.15) is 45.0 Å². The molecule has 2 rings (SSSR count). The molecule has 5 heteroatoms. The summed E-state index contributed by atoms with van der Waals surface area (Å²) in [5.41, 5.74) is 2.16. The van der Waals surface area contributed by atoms with Crippen LogP contribution in [-0.2, 0) is 20.0 Å². The van der Waals surface area contributed by atoms with Crippen LogP contribution in [0.2, 0.25) is 5.02 Å². The molecule has 1 fully saturated rings. The van der Waals surface area contributed by atoms with Crippen molar-refractivity contribution < 1.29 is 0 Å². The van der Waals surface area contributed by atoms with Gasteiger partial charge in [0.05, 0.1) is 16.4 Å². The number of nitrogens with one attached hydrogen (secondary N) is 1. The average Bonchev–Trinajstić information content (AvgIpc) is 2.70. The minimum Gasteiger partial charge on any atom is -0.311 e. The minimum atomic E-state index is 0.541. The van der Waals surface area contributed by atoms with E-state index < -0.39 is 0 Å². The first-order valence-electron chi connectivity index (χ1n) is 7.74. The zero-order chi connectivity index (χ0) is 14.7. The predicted octanol–water partition coefficient (Wildman–Crippen LogP) is 2.60. The maximum atomic E-state index is 6.47. The SMILES string of the molecule is CCCC1CN(Cc2c(Cl)c(CC)nn2C)C(C)CN1. The fraction of sp³-hybridized carbons (Fsp3) is 0.800. The Kier molecular flexibility index (Phi) is 5.47. The highest BCUT2D eigenvalue weighted by atomic mass is 35.5. The van der Waals surface area contributed by atoms with Crippen molar-refractivity contribution in [2.45, 2.75) is 58.7 Å². The maximum absolute atomic E-state index is 6.47. The Morgan fingerprint density at radius 1 is 1.40 bits per heavy atom. The molecule has 1 saturated heterocycles. The molecular formula is C15H27ClN4. The molecule has 2 unspecified atom stereocenters. The standard InChI is InChI=1S/C15H27ClN4/c1-5-7-12-9-20(11(3)8-17-12)10-14-15(16)13(6-2)18-19(14)4/h11-12,17H,5-10H2,1-4H3. The van der Waals surface area contributed by atoms with Gasteiger partial charge in [-0.2, -0.15) is 5.10 Å². The highest BCUT2D eigenvalue weighted by Gasteiger charge is 2.26. The van der Waals surface area contributed by atoms with Crippen LogP contribution in [0, 0.1) is 0 Å². The molecule has 0 saturated carbocycles. The first kappa shape index (κ1) is 15.8. The second-order valence-corrected chi connectivity index (χ2v) is 6.23. The van der Waals surface area contributed by atoms with Gasteiger partial charge >= 0.3 is 0 Å². The van der Waals surface area contributed by atoms with E-state index in [1.54, 1.807) is 0 Å². The minimum absolute atomic E-state index is 0.541. The fourth-order valence-electron chi connectivity index (χ4n) is 2.94. The largest absolute Gasteiger partial charge is 0.311 e. The molecule has 0 spiro atoms. The van der Waals surface area contributed by atoms with E-state index in [1.165, 1.54) is 12.8 Å². The van der Waals surface area contributed by atoms with Gasteiger partial charge in [-0.1, -0.05) is 31.9 Å². The lowest BCUT2D eigenvalue weighted by Gasteiger charge is -2.38. The van der Waals surface area contributed by atoms with E-state index >= 15 is 0 Å². The van der Waals surface area contributed by atoms with Crippen LogP contribution in [0.4, 0.5) is 0 Å². The predicted molar refractivity (Wildman–Crippen MR) is 84.2 cm³/mol. The highest BCUT2D eigenvalue weighted by Crippen LogP contribution is 2.24. The van der Waals surface area contributed by atoms with E-state index in [2.05, 4.69) is 36.1 Å². The van der Waals surface area contributed by atoms with E-state index in [9.17, 15) is 0 Å². The lowest BCUT2D eigenvalue weighted by molar-refractivity contribution is 0.126. The van der Waals surface area contributed by atoms with E-state index in [-0.39, 0.29) is 0 Å². The third-order valence-electron chi connectivity index (χ3n) is 4.27. The maximum Gasteiger partial charge on any atom is 0.0863 e. The van der Waals surface area contributed by atoms with Gasteiger partial charge in [-0.15, -0.1) is 0 Å². The molecule has 1 N–H and O–H groups in total. The molecule has 0 aliphatic carbocycles. The second kappa shape index (κ2) is 6.92. The molecule has 1 aromatic heterocycles. The van der Waals surface area contributed by atoms with Crippen LogP contribution in [0.25, 0.3) is 0 Å². The molecule has 1 aromatic rings. The van der Waals surface area contributed by atoms with Crippen LogP contribution < -0.4 is 5.32 Å². The van der Waals surface area contributed by atoms with Gasteiger partial charge in [0.2, 0.25) is 0 Å². The van der Waals surface area contributed by atoms with Crippen molar-refractivity contribution in [3.63, 3.8) is 0 Å². The van der Waals surface area contributed by atoms with Crippen LogP contribution in [0.3, 0.4) is 0 Å². The van der Waals surface area contributed by atoms with Crippen molar-refractivity contribution in [3.05, 3.63) is 16.4 Å². The Bertz CT molecular complexity index is 443. The smallest absolute Gasteiger partial charge is 0.0863 e. The molecule has 1 aliphatic heterocycles. The summed E-state index contributed by atoms with van der Waals surface area (Å²) in [4.78, 5) is 2.53. The third kappa shape index (κ3) is 3.35. The third-order valence-corrected chi connectivity index (χ3v) is 4.71. The van der Waals surface area contributed by atoms with Gasteiger partial charge in [0.1, 0.15) is 0 Å². The van der Waals surface area contributed by atoms with E-state index in [1.807, 2.05) is 11.7 Å². The van der Waals surface area contributed by atoms with Crippen molar-refractivity contribution in [1.82, 2.24) is 20.0 Å². The Hall–Kier alpha value is -0.580. The molecule has 4 nitrogen and oxygen atoms in total. The molecule has 0 aromatic carbocycles. The number of piperazine rings is 1. The number of hydrogen-bond acceptors (Lipinski definition) is 3. The van der Waals surface area contributed by atoms with Gasteiger partial charge in [0.15, 0.2) is 0 Å². The molecule has 0 bridgehead atoms. The van der Waals surface area contributed by atoms with Crippen molar-refractivity contribution in [2.24, 2.45) is 7.05 Å². The Labute approximate surface area is 127 Å². The molecule has 2 atom stereocenters. The van der Waals surface area contributed by atoms with Crippen molar-refractivity contribution >= 4 is 11.6 Å². The zero-order valence-electron chi connectivity index (χ0n) is 13.1. The van der Waals surface area contributed by atoms with Crippen LogP contribution in [0.15, 0.2) is 0 Å². The second-order valence-electron chi connectivity index (χ2n) is 5.86. The molecule has 114 valence electrons. The summed E-state index contributed by atoms with van der Waals surface area (Å²) in [6, 6.07) is 1.15. The summed E-state index contributed by atoms with van der Waals surface area (Å²) in [6.45, 7) is 9.67. The van der Waals surface area contributed by atoms with Gasteiger partial charge in [0, 0.05) is 38.8 Å². The average molecular weight is 299 g/mol. The number of nitrogens with zero attached hydrogens (tertiary/aromatic N) is 3. The van der Waals surface area contributed by atoms with Gasteiger partial charge in [-0.05, 0) is 19.8 Å². The van der Waals surface area contributed by atoms with Crippen LogP contribution >= 0.6 is 11.6 Å². The normalized spacial score (nSPS) is 24.2. The molecule has 20 heavy (non-hydrogen) atoms. The first-order chi connectivity index (χ1) is 9.56. The van der Waals surface area contributed by atoms with Gasteiger partial charge in [-0.3, -0.25) is 9.58 Å². The summed E-state index contributed by atoms with van der Waals surface area (Å²) in [5.74, 6) is 0. The van der Waals surface area contributed by atoms with Crippen molar-refractivity contribution in [2.75, 3.05) is 13.1 Å². The summed E-state index contributed by atoms with van der Waals surface area (Å²) >= 11 is 6.47. The van der Waals surface area contributed by atoms with E-state index in [0.717, 1.165) is 42.5 Å². The summed E-state index contributed by atoms with van der Waals surface area (Å²) < 4.78 is 1.95. The van der Waals surface area contributed by atoms with E-state index in [0.29, 0.717) is 12.1 Å². The summed E-state index contributed by atoms with van der Waals surface area (Å²) in [7, 11) is 2.00. The van der Waals surface area contributed by atoms with Crippen LogP contribution in [0.5, 0.6) is 0 Å². The van der Waals surface area contributed by atoms with Crippen LogP contribution in [-0.4, -0.2) is 39.9 Å². The fourth-order valence-corrected chi connectivity index (χ4v) is 3.29. The van der Waals surface area contributed by atoms with E-state index in [4.69, 9.17) is 11.6 Å². The quantitative estimate of drug-likeness (QED) is 0.907. The Morgan fingerprint density at radius 3 is 2.75 bits per heavy atom. The number of halogens is 1. The molecule has 0 radical (unpaired) electrons. The summed E-state index contributed by atoms with van der Waals surface area (Å²) in [5, 5.41) is 9.01. The topological polar surface area (TPSA) is 33.1 Å². The number of rotatable bonds is 5. The Morgan fingerprint density at radius 2 is 2.15 bits per heavy atom. The molecule has 2 heterocycles. The molecule has 0 amide bonds. The molecule has 1 aliphatic rings. The number of aryl methyl sites for hydroxylation is 2.